The maximum atomic E-state index is 12.7. The molecule has 6 heteroatoms. The van der Waals surface area contributed by atoms with E-state index in [0.29, 0.717) is 28.9 Å². The molecule has 0 spiro atoms. The average Bonchev–Trinajstić information content (AvgIpc) is 2.55. The number of fused-ring (bicyclic) bond motifs is 1. The summed E-state index contributed by atoms with van der Waals surface area (Å²) in [5.41, 5.74) is 0. The van der Waals surface area contributed by atoms with Crippen LogP contribution in [0.4, 0.5) is 0 Å². The van der Waals surface area contributed by atoms with E-state index in [9.17, 15) is 13.2 Å². The molecule has 1 amide bonds. The highest BCUT2D eigenvalue weighted by Crippen LogP contribution is 2.30. The van der Waals surface area contributed by atoms with Crippen molar-refractivity contribution in [3.63, 3.8) is 0 Å². The van der Waals surface area contributed by atoms with Crippen molar-refractivity contribution in [2.45, 2.75) is 24.2 Å². The summed E-state index contributed by atoms with van der Waals surface area (Å²) in [6.07, 6.45) is 2.98. The Hall–Kier alpha value is -1.59. The summed E-state index contributed by atoms with van der Waals surface area (Å²) >= 11 is 6.14. The van der Waals surface area contributed by atoms with Crippen LogP contribution in [-0.2, 0) is 14.6 Å². The molecule has 1 heterocycles. The van der Waals surface area contributed by atoms with Gasteiger partial charge in [-0.15, -0.1) is 0 Å². The van der Waals surface area contributed by atoms with Crippen molar-refractivity contribution >= 4 is 38.1 Å². The van der Waals surface area contributed by atoms with E-state index in [1.807, 2.05) is 6.07 Å². The highest BCUT2D eigenvalue weighted by molar-refractivity contribution is 7.92. The van der Waals surface area contributed by atoms with E-state index in [1.165, 1.54) is 6.07 Å². The maximum absolute atomic E-state index is 12.7. The lowest BCUT2D eigenvalue weighted by molar-refractivity contribution is -0.129. The van der Waals surface area contributed by atoms with Crippen molar-refractivity contribution in [2.75, 3.05) is 18.8 Å². The quantitative estimate of drug-likeness (QED) is 0.852. The number of benzene rings is 2. The van der Waals surface area contributed by atoms with E-state index in [0.717, 1.165) is 19.3 Å². The van der Waals surface area contributed by atoms with Crippen LogP contribution in [0.15, 0.2) is 41.3 Å². The standard InChI is InChI=1S/C17H18ClNO3S/c18-15-8-9-16(14-7-3-2-6-13(14)15)23(21,22)12-17(20)19-10-4-1-5-11-19/h2-3,6-9H,1,4-5,10-12H2. The van der Waals surface area contributed by atoms with Gasteiger partial charge in [0, 0.05) is 28.9 Å². The molecule has 0 atom stereocenters. The first-order valence-corrected chi connectivity index (χ1v) is 9.70. The normalized spacial score (nSPS) is 15.8. The average molecular weight is 352 g/mol. The number of likely N-dealkylation sites (tertiary alicyclic amines) is 1. The molecule has 0 radical (unpaired) electrons. The van der Waals surface area contributed by atoms with Crippen LogP contribution in [0.2, 0.25) is 5.02 Å². The summed E-state index contributed by atoms with van der Waals surface area (Å²) < 4.78 is 25.4. The molecule has 23 heavy (non-hydrogen) atoms. The molecule has 0 aliphatic carbocycles. The Morgan fingerprint density at radius 3 is 2.35 bits per heavy atom. The highest BCUT2D eigenvalue weighted by Gasteiger charge is 2.26. The third kappa shape index (κ3) is 3.35. The molecule has 0 aromatic heterocycles. The molecule has 1 aliphatic heterocycles. The lowest BCUT2D eigenvalue weighted by atomic mass is 10.1. The Balaban J connectivity index is 1.94. The van der Waals surface area contributed by atoms with Crippen LogP contribution in [0.25, 0.3) is 10.8 Å². The number of hydrogen-bond donors (Lipinski definition) is 0. The van der Waals surface area contributed by atoms with Gasteiger partial charge in [-0.25, -0.2) is 8.42 Å². The molecule has 2 aromatic carbocycles. The number of halogens is 1. The van der Waals surface area contributed by atoms with Crippen molar-refractivity contribution in [2.24, 2.45) is 0 Å². The third-order valence-electron chi connectivity index (χ3n) is 4.19. The first-order chi connectivity index (χ1) is 11.0. The van der Waals surface area contributed by atoms with Crippen LogP contribution in [0, 0.1) is 0 Å². The van der Waals surface area contributed by atoms with Crippen LogP contribution in [-0.4, -0.2) is 38.1 Å². The van der Waals surface area contributed by atoms with Crippen LogP contribution in [0.3, 0.4) is 0 Å². The topological polar surface area (TPSA) is 54.5 Å². The molecular formula is C17H18ClNO3S. The fourth-order valence-corrected chi connectivity index (χ4v) is 4.66. The molecule has 4 nitrogen and oxygen atoms in total. The van der Waals surface area contributed by atoms with Gasteiger partial charge in [-0.1, -0.05) is 35.9 Å². The third-order valence-corrected chi connectivity index (χ3v) is 6.17. The van der Waals surface area contributed by atoms with Gasteiger partial charge >= 0.3 is 0 Å². The number of amides is 1. The van der Waals surface area contributed by atoms with Gasteiger partial charge in [-0.05, 0) is 31.4 Å². The van der Waals surface area contributed by atoms with Crippen LogP contribution in [0.5, 0.6) is 0 Å². The maximum Gasteiger partial charge on any atom is 0.238 e. The molecular weight excluding hydrogens is 334 g/mol. The zero-order valence-electron chi connectivity index (χ0n) is 12.7. The predicted molar refractivity (Wildman–Crippen MR) is 91.4 cm³/mol. The predicted octanol–water partition coefficient (Wildman–Crippen LogP) is 3.28. The van der Waals surface area contributed by atoms with Gasteiger partial charge < -0.3 is 4.90 Å². The number of carbonyl (C=O) groups is 1. The first kappa shape index (κ1) is 16.3. The molecule has 0 N–H and O–H groups in total. The van der Waals surface area contributed by atoms with Crippen molar-refractivity contribution in [3.05, 3.63) is 41.4 Å². The largest absolute Gasteiger partial charge is 0.342 e. The molecule has 0 unspecified atom stereocenters. The first-order valence-electron chi connectivity index (χ1n) is 7.67. The number of nitrogens with zero attached hydrogens (tertiary/aromatic N) is 1. The number of hydrogen-bond acceptors (Lipinski definition) is 3. The molecule has 0 bridgehead atoms. The van der Waals surface area contributed by atoms with E-state index in [-0.39, 0.29) is 10.8 Å². The van der Waals surface area contributed by atoms with Crippen LogP contribution in [0.1, 0.15) is 19.3 Å². The second-order valence-electron chi connectivity index (χ2n) is 5.79. The Bertz CT molecular complexity index is 842. The lowest BCUT2D eigenvalue weighted by Gasteiger charge is -2.26. The second-order valence-corrected chi connectivity index (χ2v) is 8.16. The van der Waals surface area contributed by atoms with E-state index < -0.39 is 15.6 Å². The van der Waals surface area contributed by atoms with E-state index in [4.69, 9.17) is 11.6 Å². The van der Waals surface area contributed by atoms with E-state index in [2.05, 4.69) is 0 Å². The number of sulfone groups is 1. The number of piperidine rings is 1. The van der Waals surface area contributed by atoms with Crippen molar-refractivity contribution in [1.29, 1.82) is 0 Å². The van der Waals surface area contributed by atoms with Gasteiger partial charge in [0.2, 0.25) is 5.91 Å². The summed E-state index contributed by atoms with van der Waals surface area (Å²) in [7, 11) is -3.70. The van der Waals surface area contributed by atoms with Gasteiger partial charge in [0.05, 0.1) is 4.90 Å². The van der Waals surface area contributed by atoms with Crippen LogP contribution < -0.4 is 0 Å². The van der Waals surface area contributed by atoms with E-state index in [1.54, 1.807) is 29.2 Å². The van der Waals surface area contributed by atoms with Crippen molar-refractivity contribution < 1.29 is 13.2 Å². The van der Waals surface area contributed by atoms with Gasteiger partial charge in [0.25, 0.3) is 0 Å². The number of carbonyl (C=O) groups excluding carboxylic acids is 1. The van der Waals surface area contributed by atoms with Gasteiger partial charge in [0.15, 0.2) is 9.84 Å². The fourth-order valence-electron chi connectivity index (χ4n) is 2.98. The summed E-state index contributed by atoms with van der Waals surface area (Å²) in [5.74, 6) is -0.803. The van der Waals surface area contributed by atoms with Gasteiger partial charge in [0.1, 0.15) is 5.75 Å². The summed E-state index contributed by atoms with van der Waals surface area (Å²) in [6.45, 7) is 1.30. The Kier molecular flexibility index (Phi) is 4.60. The Labute approximate surface area is 141 Å². The second kappa shape index (κ2) is 6.49. The molecule has 1 saturated heterocycles. The molecule has 0 saturated carbocycles. The van der Waals surface area contributed by atoms with Gasteiger partial charge in [-0.3, -0.25) is 4.79 Å². The minimum atomic E-state index is -3.70. The molecule has 1 fully saturated rings. The minimum absolute atomic E-state index is 0.169. The SMILES string of the molecule is O=C(CS(=O)(=O)c1ccc(Cl)c2ccccc12)N1CCCCC1. The summed E-state index contributed by atoms with van der Waals surface area (Å²) in [4.78, 5) is 14.1. The van der Waals surface area contributed by atoms with Crippen molar-refractivity contribution in [1.82, 2.24) is 4.90 Å². The smallest absolute Gasteiger partial charge is 0.238 e. The zero-order chi connectivity index (χ0) is 16.4. The molecule has 2 aromatic rings. The lowest BCUT2D eigenvalue weighted by Crippen LogP contribution is -2.39. The van der Waals surface area contributed by atoms with Gasteiger partial charge in [-0.2, -0.15) is 0 Å². The molecule has 3 rings (SSSR count). The Morgan fingerprint density at radius 2 is 1.65 bits per heavy atom. The molecule has 1 aliphatic rings. The zero-order valence-corrected chi connectivity index (χ0v) is 14.2. The van der Waals surface area contributed by atoms with E-state index >= 15 is 0 Å². The number of rotatable bonds is 3. The summed E-state index contributed by atoms with van der Waals surface area (Å²) in [6, 6.07) is 10.1. The highest BCUT2D eigenvalue weighted by atomic mass is 35.5. The monoisotopic (exact) mass is 351 g/mol. The van der Waals surface area contributed by atoms with Crippen molar-refractivity contribution in [3.8, 4) is 0 Å². The molecule has 122 valence electrons. The van der Waals surface area contributed by atoms with Crippen LogP contribution >= 0.6 is 11.6 Å². The minimum Gasteiger partial charge on any atom is -0.342 e. The fraction of sp³-hybridized carbons (Fsp3) is 0.353. The summed E-state index contributed by atoms with van der Waals surface area (Å²) in [5, 5.41) is 1.74. The Morgan fingerprint density at radius 1 is 1.00 bits per heavy atom.